The summed E-state index contributed by atoms with van der Waals surface area (Å²) in [6.07, 6.45) is 1.70. The molecule has 0 amide bonds. The molecule has 3 nitrogen and oxygen atoms in total. The summed E-state index contributed by atoms with van der Waals surface area (Å²) >= 11 is 0. The molecule has 0 bridgehead atoms. The van der Waals surface area contributed by atoms with Crippen molar-refractivity contribution in [1.29, 1.82) is 0 Å². The molecule has 3 aromatic rings. The van der Waals surface area contributed by atoms with Crippen molar-refractivity contribution in [3.63, 3.8) is 0 Å². The molecule has 0 unspecified atom stereocenters. The molecule has 78 valence electrons. The highest BCUT2D eigenvalue weighted by Gasteiger charge is 2.06. The predicted molar refractivity (Wildman–Crippen MR) is 62.5 cm³/mol. The van der Waals surface area contributed by atoms with E-state index in [9.17, 15) is 4.79 Å². The lowest BCUT2D eigenvalue weighted by molar-refractivity contribution is 0.567. The number of hydrogen-bond acceptors (Lipinski definition) is 3. The summed E-state index contributed by atoms with van der Waals surface area (Å²) in [7, 11) is 0. The van der Waals surface area contributed by atoms with E-state index in [1.807, 2.05) is 18.2 Å². The highest BCUT2D eigenvalue weighted by Crippen LogP contribution is 2.21. The van der Waals surface area contributed by atoms with Gasteiger partial charge < -0.3 is 4.42 Å². The number of fused-ring (bicyclic) bond motifs is 3. The summed E-state index contributed by atoms with van der Waals surface area (Å²) in [6.45, 7) is 1.77. The number of hydrogen-bond donors (Lipinski definition) is 0. The average molecular weight is 211 g/mol. The first-order chi connectivity index (χ1) is 7.75. The molecule has 0 aliphatic heterocycles. The molecule has 0 atom stereocenters. The van der Waals surface area contributed by atoms with Gasteiger partial charge in [0.15, 0.2) is 11.0 Å². The Morgan fingerprint density at radius 1 is 1.25 bits per heavy atom. The van der Waals surface area contributed by atoms with Gasteiger partial charge in [-0.15, -0.1) is 0 Å². The van der Waals surface area contributed by atoms with Crippen molar-refractivity contribution in [2.24, 2.45) is 0 Å². The van der Waals surface area contributed by atoms with E-state index < -0.39 is 0 Å². The molecule has 0 spiro atoms. The average Bonchev–Trinajstić information content (AvgIpc) is 2.28. The SMILES string of the molecule is Cc1cc(=O)c2ccc3cccnc3c2o1. The van der Waals surface area contributed by atoms with E-state index >= 15 is 0 Å². The quantitative estimate of drug-likeness (QED) is 0.537. The molecule has 0 N–H and O–H groups in total. The monoisotopic (exact) mass is 211 g/mol. The summed E-state index contributed by atoms with van der Waals surface area (Å²) in [5, 5.41) is 1.56. The lowest BCUT2D eigenvalue weighted by Crippen LogP contribution is -2.00. The van der Waals surface area contributed by atoms with Crippen molar-refractivity contribution < 1.29 is 4.42 Å². The second-order valence-corrected chi connectivity index (χ2v) is 3.74. The van der Waals surface area contributed by atoms with Gasteiger partial charge in [-0.2, -0.15) is 0 Å². The fourth-order valence-corrected chi connectivity index (χ4v) is 1.87. The van der Waals surface area contributed by atoms with Gasteiger partial charge in [-0.25, -0.2) is 0 Å². The Balaban J connectivity index is 2.65. The number of pyridine rings is 1. The number of nitrogens with zero attached hydrogens (tertiary/aromatic N) is 1. The smallest absolute Gasteiger partial charge is 0.193 e. The van der Waals surface area contributed by atoms with Crippen molar-refractivity contribution >= 4 is 21.9 Å². The van der Waals surface area contributed by atoms with Crippen LogP contribution in [0.1, 0.15) is 5.76 Å². The van der Waals surface area contributed by atoms with Gasteiger partial charge in [0, 0.05) is 17.6 Å². The summed E-state index contributed by atoms with van der Waals surface area (Å²) < 4.78 is 5.59. The van der Waals surface area contributed by atoms with Crippen LogP contribution in [0.5, 0.6) is 0 Å². The summed E-state index contributed by atoms with van der Waals surface area (Å²) in [6, 6.07) is 8.98. The minimum atomic E-state index is -0.0219. The Hall–Kier alpha value is -2.16. The molecule has 3 rings (SSSR count). The van der Waals surface area contributed by atoms with Gasteiger partial charge in [0.1, 0.15) is 11.3 Å². The van der Waals surface area contributed by atoms with E-state index in [-0.39, 0.29) is 5.43 Å². The maximum Gasteiger partial charge on any atom is 0.193 e. The van der Waals surface area contributed by atoms with Crippen molar-refractivity contribution in [2.45, 2.75) is 6.92 Å². The van der Waals surface area contributed by atoms with E-state index in [4.69, 9.17) is 4.42 Å². The normalized spacial score (nSPS) is 11.1. The third kappa shape index (κ3) is 1.21. The number of rotatable bonds is 0. The number of aromatic nitrogens is 1. The summed E-state index contributed by atoms with van der Waals surface area (Å²) in [5.41, 5.74) is 1.29. The zero-order valence-electron chi connectivity index (χ0n) is 8.73. The van der Waals surface area contributed by atoms with Crippen molar-refractivity contribution in [3.8, 4) is 0 Å². The third-order valence-corrected chi connectivity index (χ3v) is 2.59. The van der Waals surface area contributed by atoms with Crippen LogP contribution in [-0.4, -0.2) is 4.98 Å². The van der Waals surface area contributed by atoms with Crippen LogP contribution < -0.4 is 5.43 Å². The number of benzene rings is 1. The van der Waals surface area contributed by atoms with Crippen molar-refractivity contribution in [1.82, 2.24) is 4.98 Å². The van der Waals surface area contributed by atoms with Crippen LogP contribution in [-0.2, 0) is 0 Å². The van der Waals surface area contributed by atoms with E-state index in [2.05, 4.69) is 4.98 Å². The molecule has 0 aliphatic carbocycles. The Morgan fingerprint density at radius 3 is 3.00 bits per heavy atom. The minimum absolute atomic E-state index is 0.0219. The minimum Gasteiger partial charge on any atom is -0.459 e. The molecule has 1 aromatic carbocycles. The topological polar surface area (TPSA) is 43.1 Å². The Labute approximate surface area is 91.3 Å². The van der Waals surface area contributed by atoms with Crippen LogP contribution in [0.15, 0.2) is 45.7 Å². The van der Waals surface area contributed by atoms with Crippen LogP contribution in [0.4, 0.5) is 0 Å². The van der Waals surface area contributed by atoms with Gasteiger partial charge in [0.2, 0.25) is 0 Å². The molecular weight excluding hydrogens is 202 g/mol. The zero-order valence-corrected chi connectivity index (χ0v) is 8.73. The van der Waals surface area contributed by atoms with E-state index in [0.29, 0.717) is 16.7 Å². The summed E-state index contributed by atoms with van der Waals surface area (Å²) in [5.74, 6) is 0.607. The summed E-state index contributed by atoms with van der Waals surface area (Å²) in [4.78, 5) is 16.0. The highest BCUT2D eigenvalue weighted by molar-refractivity contribution is 6.01. The molecule has 2 aromatic heterocycles. The molecule has 16 heavy (non-hydrogen) atoms. The van der Waals surface area contributed by atoms with Crippen LogP contribution in [0.3, 0.4) is 0 Å². The van der Waals surface area contributed by atoms with Gasteiger partial charge >= 0.3 is 0 Å². The van der Waals surface area contributed by atoms with Crippen LogP contribution in [0.25, 0.3) is 21.9 Å². The van der Waals surface area contributed by atoms with Gasteiger partial charge in [0.25, 0.3) is 0 Å². The van der Waals surface area contributed by atoms with Crippen LogP contribution in [0.2, 0.25) is 0 Å². The number of aryl methyl sites for hydroxylation is 1. The molecular formula is C13H9NO2. The fourth-order valence-electron chi connectivity index (χ4n) is 1.87. The molecule has 0 fully saturated rings. The van der Waals surface area contributed by atoms with Crippen LogP contribution in [0, 0.1) is 6.92 Å². The fraction of sp³-hybridized carbons (Fsp3) is 0.0769. The van der Waals surface area contributed by atoms with Gasteiger partial charge in [0.05, 0.1) is 5.39 Å². The standard InChI is InChI=1S/C13H9NO2/c1-8-7-11(15)10-5-4-9-3-2-6-14-12(9)13(10)16-8/h2-7H,1H3. The Kier molecular flexibility index (Phi) is 1.80. The van der Waals surface area contributed by atoms with Gasteiger partial charge in [-0.1, -0.05) is 12.1 Å². The van der Waals surface area contributed by atoms with Crippen molar-refractivity contribution in [2.75, 3.05) is 0 Å². The largest absolute Gasteiger partial charge is 0.459 e. The molecule has 3 heteroatoms. The highest BCUT2D eigenvalue weighted by atomic mass is 16.3. The Bertz CT molecular complexity index is 744. The molecule has 2 heterocycles. The second-order valence-electron chi connectivity index (χ2n) is 3.74. The lowest BCUT2D eigenvalue weighted by Gasteiger charge is -2.02. The molecule has 0 saturated carbocycles. The first-order valence-corrected chi connectivity index (χ1v) is 5.04. The van der Waals surface area contributed by atoms with Crippen molar-refractivity contribution in [3.05, 3.63) is 52.5 Å². The molecule has 0 saturated heterocycles. The Morgan fingerprint density at radius 2 is 2.12 bits per heavy atom. The lowest BCUT2D eigenvalue weighted by atomic mass is 10.1. The maximum absolute atomic E-state index is 11.8. The van der Waals surface area contributed by atoms with E-state index in [1.165, 1.54) is 6.07 Å². The van der Waals surface area contributed by atoms with E-state index in [1.54, 1.807) is 19.2 Å². The van der Waals surface area contributed by atoms with Crippen LogP contribution >= 0.6 is 0 Å². The predicted octanol–water partition coefficient (Wildman–Crippen LogP) is 2.65. The van der Waals surface area contributed by atoms with E-state index in [0.717, 1.165) is 10.9 Å². The van der Waals surface area contributed by atoms with Gasteiger partial charge in [-0.05, 0) is 19.1 Å². The van der Waals surface area contributed by atoms with Gasteiger partial charge in [-0.3, -0.25) is 9.78 Å². The first kappa shape index (κ1) is 9.09. The third-order valence-electron chi connectivity index (χ3n) is 2.59. The zero-order chi connectivity index (χ0) is 11.1. The first-order valence-electron chi connectivity index (χ1n) is 5.04. The molecule has 0 radical (unpaired) electrons. The maximum atomic E-state index is 11.8. The second kappa shape index (κ2) is 3.17. The molecule has 0 aliphatic rings.